The SMILES string of the molecule is CCOc1ccc(C2N(c3ccc(C)cc3)CCN2c2ccc(C)cc2)cc1. The minimum absolute atomic E-state index is 0.168. The highest BCUT2D eigenvalue weighted by molar-refractivity contribution is 5.59. The van der Waals surface area contributed by atoms with Crippen molar-refractivity contribution in [3.63, 3.8) is 0 Å². The molecule has 1 heterocycles. The molecule has 0 aromatic heterocycles. The molecule has 1 aliphatic rings. The summed E-state index contributed by atoms with van der Waals surface area (Å²) in [5.41, 5.74) is 6.38. The van der Waals surface area contributed by atoms with Crippen molar-refractivity contribution in [3.05, 3.63) is 89.5 Å². The van der Waals surface area contributed by atoms with Gasteiger partial charge in [-0.25, -0.2) is 0 Å². The second-order valence-corrected chi connectivity index (χ2v) is 7.43. The second kappa shape index (κ2) is 7.97. The Morgan fingerprint density at radius 3 is 1.61 bits per heavy atom. The van der Waals surface area contributed by atoms with Crippen molar-refractivity contribution in [2.75, 3.05) is 29.5 Å². The molecule has 0 N–H and O–H groups in total. The lowest BCUT2D eigenvalue weighted by molar-refractivity contribution is 0.340. The van der Waals surface area contributed by atoms with Gasteiger partial charge in [-0.1, -0.05) is 47.5 Å². The first-order chi connectivity index (χ1) is 13.7. The summed E-state index contributed by atoms with van der Waals surface area (Å²) in [5, 5.41) is 0. The Hall–Kier alpha value is -2.94. The fraction of sp³-hybridized carbons (Fsp3) is 0.280. The van der Waals surface area contributed by atoms with Crippen LogP contribution >= 0.6 is 0 Å². The van der Waals surface area contributed by atoms with E-state index in [0.717, 1.165) is 18.8 Å². The molecule has 0 atom stereocenters. The van der Waals surface area contributed by atoms with E-state index in [1.165, 1.54) is 28.1 Å². The van der Waals surface area contributed by atoms with Gasteiger partial charge in [-0.15, -0.1) is 0 Å². The molecule has 1 fully saturated rings. The first-order valence-electron chi connectivity index (χ1n) is 10.0. The van der Waals surface area contributed by atoms with Crippen LogP contribution in [0.25, 0.3) is 0 Å². The largest absolute Gasteiger partial charge is 0.494 e. The molecule has 4 rings (SSSR count). The Kier molecular flexibility index (Phi) is 5.25. The summed E-state index contributed by atoms with van der Waals surface area (Å²) >= 11 is 0. The van der Waals surface area contributed by atoms with Gasteiger partial charge in [0.1, 0.15) is 11.9 Å². The number of hydrogen-bond acceptors (Lipinski definition) is 3. The van der Waals surface area contributed by atoms with Crippen molar-refractivity contribution in [3.8, 4) is 5.75 Å². The van der Waals surface area contributed by atoms with Gasteiger partial charge in [0, 0.05) is 24.5 Å². The van der Waals surface area contributed by atoms with Crippen molar-refractivity contribution in [1.82, 2.24) is 0 Å². The second-order valence-electron chi connectivity index (χ2n) is 7.43. The molecular weight excluding hydrogens is 344 g/mol. The highest BCUT2D eigenvalue weighted by atomic mass is 16.5. The van der Waals surface area contributed by atoms with Crippen LogP contribution in [0.4, 0.5) is 11.4 Å². The summed E-state index contributed by atoms with van der Waals surface area (Å²) in [6.45, 7) is 8.97. The molecule has 0 spiro atoms. The molecular formula is C25H28N2O. The third kappa shape index (κ3) is 3.70. The molecule has 3 heteroatoms. The molecule has 3 nitrogen and oxygen atoms in total. The molecule has 1 saturated heterocycles. The van der Waals surface area contributed by atoms with Crippen LogP contribution in [0, 0.1) is 13.8 Å². The van der Waals surface area contributed by atoms with E-state index in [9.17, 15) is 0 Å². The lowest BCUT2D eigenvalue weighted by Gasteiger charge is -2.33. The van der Waals surface area contributed by atoms with Crippen LogP contribution in [0.5, 0.6) is 5.75 Å². The molecule has 0 unspecified atom stereocenters. The smallest absolute Gasteiger partial charge is 0.128 e. The zero-order valence-electron chi connectivity index (χ0n) is 16.9. The van der Waals surface area contributed by atoms with E-state index in [1.54, 1.807) is 0 Å². The summed E-state index contributed by atoms with van der Waals surface area (Å²) in [5.74, 6) is 0.924. The monoisotopic (exact) mass is 372 g/mol. The summed E-state index contributed by atoms with van der Waals surface area (Å²) in [4.78, 5) is 4.99. The average Bonchev–Trinajstić information content (AvgIpc) is 3.15. The van der Waals surface area contributed by atoms with Crippen LogP contribution in [0.1, 0.15) is 29.8 Å². The van der Waals surface area contributed by atoms with Crippen LogP contribution < -0.4 is 14.5 Å². The van der Waals surface area contributed by atoms with E-state index >= 15 is 0 Å². The minimum Gasteiger partial charge on any atom is -0.494 e. The number of ether oxygens (including phenoxy) is 1. The Morgan fingerprint density at radius 1 is 0.714 bits per heavy atom. The molecule has 0 radical (unpaired) electrons. The molecule has 1 aliphatic heterocycles. The fourth-order valence-electron chi connectivity index (χ4n) is 3.90. The quantitative estimate of drug-likeness (QED) is 0.569. The Morgan fingerprint density at radius 2 is 1.18 bits per heavy atom. The van der Waals surface area contributed by atoms with Crippen LogP contribution in [-0.2, 0) is 0 Å². The summed E-state index contributed by atoms with van der Waals surface area (Å²) in [6.07, 6.45) is 0.168. The van der Waals surface area contributed by atoms with Gasteiger partial charge < -0.3 is 14.5 Å². The van der Waals surface area contributed by atoms with Crippen LogP contribution in [0.2, 0.25) is 0 Å². The summed E-state index contributed by atoms with van der Waals surface area (Å²) in [7, 11) is 0. The van der Waals surface area contributed by atoms with Gasteiger partial charge in [-0.3, -0.25) is 0 Å². The minimum atomic E-state index is 0.168. The maximum atomic E-state index is 5.65. The Labute approximate surface area is 168 Å². The standard InChI is InChI=1S/C25H28N2O/c1-4-28-24-15-9-21(10-16-24)25-26(22-11-5-19(2)6-12-22)17-18-27(25)23-13-7-20(3)8-14-23/h5-16,25H,4,17-18H2,1-3H3. The Bertz CT molecular complexity index is 847. The summed E-state index contributed by atoms with van der Waals surface area (Å²) in [6, 6.07) is 26.3. The van der Waals surface area contributed by atoms with E-state index < -0.39 is 0 Å². The fourth-order valence-corrected chi connectivity index (χ4v) is 3.90. The third-order valence-electron chi connectivity index (χ3n) is 5.39. The van der Waals surface area contributed by atoms with Gasteiger partial charge in [0.05, 0.1) is 6.61 Å². The molecule has 0 aliphatic carbocycles. The van der Waals surface area contributed by atoms with E-state index in [4.69, 9.17) is 4.74 Å². The van der Waals surface area contributed by atoms with Crippen molar-refractivity contribution >= 4 is 11.4 Å². The predicted octanol–water partition coefficient (Wildman–Crippen LogP) is 5.73. The lowest BCUT2D eigenvalue weighted by atomic mass is 10.1. The third-order valence-corrected chi connectivity index (χ3v) is 5.39. The van der Waals surface area contributed by atoms with E-state index in [2.05, 4.69) is 96.4 Å². The molecule has 0 saturated carbocycles. The van der Waals surface area contributed by atoms with Crippen molar-refractivity contribution in [1.29, 1.82) is 0 Å². The highest BCUT2D eigenvalue weighted by Gasteiger charge is 2.33. The van der Waals surface area contributed by atoms with E-state index in [0.29, 0.717) is 6.61 Å². The molecule has 3 aromatic rings. The van der Waals surface area contributed by atoms with Gasteiger partial charge in [-0.2, -0.15) is 0 Å². The molecule has 144 valence electrons. The zero-order chi connectivity index (χ0) is 19.5. The zero-order valence-corrected chi connectivity index (χ0v) is 16.9. The highest BCUT2D eigenvalue weighted by Crippen LogP contribution is 2.38. The number of nitrogens with zero attached hydrogens (tertiary/aromatic N) is 2. The molecule has 0 amide bonds. The number of rotatable bonds is 5. The van der Waals surface area contributed by atoms with Gasteiger partial charge in [-0.05, 0) is 62.7 Å². The first kappa shape index (κ1) is 18.4. The van der Waals surface area contributed by atoms with E-state index in [-0.39, 0.29) is 6.17 Å². The number of aryl methyl sites for hydroxylation is 2. The maximum absolute atomic E-state index is 5.65. The van der Waals surface area contributed by atoms with Gasteiger partial charge >= 0.3 is 0 Å². The lowest BCUT2D eigenvalue weighted by Crippen LogP contribution is -2.30. The number of hydrogen-bond donors (Lipinski definition) is 0. The average molecular weight is 373 g/mol. The van der Waals surface area contributed by atoms with Gasteiger partial charge in [0.25, 0.3) is 0 Å². The first-order valence-corrected chi connectivity index (χ1v) is 10.0. The molecule has 0 bridgehead atoms. The normalized spacial score (nSPS) is 14.5. The van der Waals surface area contributed by atoms with Crippen LogP contribution in [-0.4, -0.2) is 19.7 Å². The number of benzene rings is 3. The molecule has 3 aromatic carbocycles. The van der Waals surface area contributed by atoms with E-state index in [1.807, 2.05) is 6.92 Å². The van der Waals surface area contributed by atoms with Crippen molar-refractivity contribution in [2.45, 2.75) is 26.9 Å². The molecule has 28 heavy (non-hydrogen) atoms. The Balaban J connectivity index is 1.72. The topological polar surface area (TPSA) is 15.7 Å². The van der Waals surface area contributed by atoms with Crippen molar-refractivity contribution < 1.29 is 4.74 Å². The van der Waals surface area contributed by atoms with Gasteiger partial charge in [0.15, 0.2) is 0 Å². The summed E-state index contributed by atoms with van der Waals surface area (Å²) < 4.78 is 5.65. The van der Waals surface area contributed by atoms with Gasteiger partial charge in [0.2, 0.25) is 0 Å². The maximum Gasteiger partial charge on any atom is 0.128 e. The van der Waals surface area contributed by atoms with Crippen LogP contribution in [0.3, 0.4) is 0 Å². The van der Waals surface area contributed by atoms with Crippen LogP contribution in [0.15, 0.2) is 72.8 Å². The number of anilines is 2. The van der Waals surface area contributed by atoms with Crippen molar-refractivity contribution in [2.24, 2.45) is 0 Å². The predicted molar refractivity (Wildman–Crippen MR) is 117 cm³/mol.